The Morgan fingerprint density at radius 3 is 2.48 bits per heavy atom. The van der Waals surface area contributed by atoms with Crippen LogP contribution in [-0.4, -0.2) is 10.7 Å². The molecule has 1 unspecified atom stereocenters. The molecule has 0 saturated heterocycles. The molecule has 2 N–H and O–H groups in total. The number of hydrogen-bond donors (Lipinski definition) is 1. The van der Waals surface area contributed by atoms with Crippen molar-refractivity contribution in [2.24, 2.45) is 5.73 Å². The first-order valence-electron chi connectivity index (χ1n) is 6.03. The molecule has 0 saturated carbocycles. The SMILES string of the molecule is NC(CSc1ccc(Cl)cc1)c1cnccc1C(F)(F)F. The van der Waals surface area contributed by atoms with E-state index < -0.39 is 17.8 Å². The van der Waals surface area contributed by atoms with Crippen LogP contribution in [0.4, 0.5) is 13.2 Å². The number of halogens is 4. The lowest BCUT2D eigenvalue weighted by Gasteiger charge is -2.17. The standard InChI is InChI=1S/C14H12ClF3N2S/c15-9-1-3-10(4-2-9)21-8-13(19)11-7-20-6-5-12(11)14(16,17)18/h1-7,13H,8,19H2. The third kappa shape index (κ3) is 4.36. The summed E-state index contributed by atoms with van der Waals surface area (Å²) in [4.78, 5) is 4.64. The van der Waals surface area contributed by atoms with E-state index in [2.05, 4.69) is 4.98 Å². The molecule has 1 heterocycles. The van der Waals surface area contributed by atoms with Crippen molar-refractivity contribution in [1.29, 1.82) is 0 Å². The fourth-order valence-corrected chi connectivity index (χ4v) is 2.77. The number of rotatable bonds is 4. The average molecular weight is 333 g/mol. The Morgan fingerprint density at radius 1 is 1.19 bits per heavy atom. The zero-order valence-corrected chi connectivity index (χ0v) is 12.3. The number of thioether (sulfide) groups is 1. The minimum Gasteiger partial charge on any atom is -0.323 e. The molecule has 1 atom stereocenters. The van der Waals surface area contributed by atoms with Crippen LogP contribution in [-0.2, 0) is 6.18 Å². The Morgan fingerprint density at radius 2 is 1.86 bits per heavy atom. The maximum Gasteiger partial charge on any atom is 0.416 e. The molecule has 0 spiro atoms. The number of nitrogens with zero attached hydrogens (tertiary/aromatic N) is 1. The van der Waals surface area contributed by atoms with E-state index in [0.29, 0.717) is 10.8 Å². The zero-order valence-electron chi connectivity index (χ0n) is 10.8. The topological polar surface area (TPSA) is 38.9 Å². The van der Waals surface area contributed by atoms with Crippen molar-refractivity contribution >= 4 is 23.4 Å². The highest BCUT2D eigenvalue weighted by Gasteiger charge is 2.34. The predicted molar refractivity (Wildman–Crippen MR) is 78.3 cm³/mol. The van der Waals surface area contributed by atoms with Gasteiger partial charge in [-0.3, -0.25) is 4.98 Å². The fraction of sp³-hybridized carbons (Fsp3) is 0.214. The van der Waals surface area contributed by atoms with Gasteiger partial charge in [0, 0.05) is 39.7 Å². The van der Waals surface area contributed by atoms with E-state index in [4.69, 9.17) is 17.3 Å². The first-order valence-corrected chi connectivity index (χ1v) is 7.39. The van der Waals surface area contributed by atoms with E-state index in [1.807, 2.05) is 0 Å². The van der Waals surface area contributed by atoms with E-state index in [1.54, 1.807) is 24.3 Å². The monoisotopic (exact) mass is 332 g/mol. The van der Waals surface area contributed by atoms with Gasteiger partial charge >= 0.3 is 6.18 Å². The van der Waals surface area contributed by atoms with Crippen molar-refractivity contribution < 1.29 is 13.2 Å². The molecule has 0 amide bonds. The van der Waals surface area contributed by atoms with Crippen LogP contribution in [0.2, 0.25) is 5.02 Å². The number of nitrogens with two attached hydrogens (primary N) is 1. The quantitative estimate of drug-likeness (QED) is 0.835. The number of pyridine rings is 1. The summed E-state index contributed by atoms with van der Waals surface area (Å²) in [7, 11) is 0. The summed E-state index contributed by atoms with van der Waals surface area (Å²) in [6.45, 7) is 0. The van der Waals surface area contributed by atoms with Crippen LogP contribution in [0.1, 0.15) is 17.2 Å². The largest absolute Gasteiger partial charge is 0.416 e. The lowest BCUT2D eigenvalue weighted by atomic mass is 10.0. The summed E-state index contributed by atoms with van der Waals surface area (Å²) in [5.41, 5.74) is 5.15. The van der Waals surface area contributed by atoms with Crippen LogP contribution in [0.3, 0.4) is 0 Å². The van der Waals surface area contributed by atoms with Crippen molar-refractivity contribution in [2.45, 2.75) is 17.1 Å². The van der Waals surface area contributed by atoms with Crippen LogP contribution in [0.5, 0.6) is 0 Å². The highest BCUT2D eigenvalue weighted by atomic mass is 35.5. The van der Waals surface area contributed by atoms with Gasteiger partial charge in [-0.05, 0) is 30.3 Å². The van der Waals surface area contributed by atoms with Gasteiger partial charge in [-0.25, -0.2) is 0 Å². The molecule has 0 aliphatic heterocycles. The number of benzene rings is 1. The van der Waals surface area contributed by atoms with Crippen LogP contribution < -0.4 is 5.73 Å². The van der Waals surface area contributed by atoms with E-state index in [1.165, 1.54) is 18.0 Å². The summed E-state index contributed by atoms with van der Waals surface area (Å²) in [6, 6.07) is 7.24. The molecule has 2 aromatic rings. The van der Waals surface area contributed by atoms with E-state index in [-0.39, 0.29) is 5.56 Å². The molecule has 0 fully saturated rings. The molecule has 0 bridgehead atoms. The first-order chi connectivity index (χ1) is 9.88. The minimum absolute atomic E-state index is 0.00598. The lowest BCUT2D eigenvalue weighted by molar-refractivity contribution is -0.138. The normalized spacial score (nSPS) is 13.2. The molecule has 2 rings (SSSR count). The second-order valence-corrected chi connectivity index (χ2v) is 5.86. The van der Waals surface area contributed by atoms with Crippen LogP contribution >= 0.6 is 23.4 Å². The van der Waals surface area contributed by atoms with Gasteiger partial charge in [0.1, 0.15) is 0 Å². The maximum absolute atomic E-state index is 12.9. The molecule has 1 aromatic carbocycles. The van der Waals surface area contributed by atoms with Gasteiger partial charge in [-0.15, -0.1) is 11.8 Å². The summed E-state index contributed by atoms with van der Waals surface area (Å²) in [5.74, 6) is 0.316. The molecule has 2 nitrogen and oxygen atoms in total. The van der Waals surface area contributed by atoms with Crippen molar-refractivity contribution in [3.63, 3.8) is 0 Å². The van der Waals surface area contributed by atoms with Gasteiger partial charge in [-0.1, -0.05) is 11.6 Å². The molecule has 0 radical (unpaired) electrons. The number of alkyl halides is 3. The molecule has 1 aromatic heterocycles. The highest BCUT2D eigenvalue weighted by molar-refractivity contribution is 7.99. The Labute approximate surface area is 129 Å². The molecule has 21 heavy (non-hydrogen) atoms. The van der Waals surface area contributed by atoms with Crippen molar-refractivity contribution in [3.8, 4) is 0 Å². The zero-order chi connectivity index (χ0) is 15.5. The van der Waals surface area contributed by atoms with Gasteiger partial charge < -0.3 is 5.73 Å². The lowest BCUT2D eigenvalue weighted by Crippen LogP contribution is -2.19. The second kappa shape index (κ2) is 6.68. The van der Waals surface area contributed by atoms with Gasteiger partial charge in [-0.2, -0.15) is 13.2 Å². The van der Waals surface area contributed by atoms with E-state index in [0.717, 1.165) is 17.2 Å². The third-order valence-electron chi connectivity index (χ3n) is 2.80. The molecule has 0 aliphatic rings. The Kier molecular flexibility index (Phi) is 5.13. The fourth-order valence-electron chi connectivity index (χ4n) is 1.77. The van der Waals surface area contributed by atoms with Crippen molar-refractivity contribution in [1.82, 2.24) is 4.98 Å². The Balaban J connectivity index is 2.10. The number of hydrogen-bond acceptors (Lipinski definition) is 3. The summed E-state index contributed by atoms with van der Waals surface area (Å²) < 4.78 is 38.7. The minimum atomic E-state index is -4.43. The molecule has 0 aliphatic carbocycles. The molecule has 7 heteroatoms. The summed E-state index contributed by atoms with van der Waals surface area (Å²) >= 11 is 7.15. The van der Waals surface area contributed by atoms with Gasteiger partial charge in [0.2, 0.25) is 0 Å². The summed E-state index contributed by atoms with van der Waals surface area (Å²) in [5, 5.41) is 0.607. The van der Waals surface area contributed by atoms with Gasteiger partial charge in [0.05, 0.1) is 5.56 Å². The van der Waals surface area contributed by atoms with Crippen LogP contribution in [0.15, 0.2) is 47.6 Å². The van der Waals surface area contributed by atoms with E-state index >= 15 is 0 Å². The molecular weight excluding hydrogens is 321 g/mol. The van der Waals surface area contributed by atoms with Crippen molar-refractivity contribution in [2.75, 3.05) is 5.75 Å². The smallest absolute Gasteiger partial charge is 0.323 e. The highest BCUT2D eigenvalue weighted by Crippen LogP contribution is 2.35. The average Bonchev–Trinajstić information content (AvgIpc) is 2.45. The van der Waals surface area contributed by atoms with Crippen molar-refractivity contribution in [3.05, 3.63) is 58.9 Å². The predicted octanol–water partition coefficient (Wildman–Crippen LogP) is 4.55. The van der Waals surface area contributed by atoms with Crippen LogP contribution in [0, 0.1) is 0 Å². The first kappa shape index (κ1) is 16.1. The second-order valence-electron chi connectivity index (χ2n) is 4.33. The molecule has 112 valence electrons. The van der Waals surface area contributed by atoms with E-state index in [9.17, 15) is 13.2 Å². The third-order valence-corrected chi connectivity index (χ3v) is 4.18. The Hall–Kier alpha value is -1.24. The summed E-state index contributed by atoms with van der Waals surface area (Å²) in [6.07, 6.45) is -2.14. The molecular formula is C14H12ClF3N2S. The van der Waals surface area contributed by atoms with Gasteiger partial charge in [0.25, 0.3) is 0 Å². The number of aromatic nitrogens is 1. The van der Waals surface area contributed by atoms with Crippen LogP contribution in [0.25, 0.3) is 0 Å². The maximum atomic E-state index is 12.9. The Bertz CT molecular complexity index is 602. The van der Waals surface area contributed by atoms with Gasteiger partial charge in [0.15, 0.2) is 0 Å².